The van der Waals surface area contributed by atoms with E-state index in [1.807, 2.05) is 30.3 Å². The van der Waals surface area contributed by atoms with Gasteiger partial charge in [-0.25, -0.2) is 4.79 Å². The number of hydrogen-bond donors (Lipinski definition) is 1. The molecule has 1 unspecified atom stereocenters. The Morgan fingerprint density at radius 1 is 1.26 bits per heavy atom. The van der Waals surface area contributed by atoms with Gasteiger partial charge in [0, 0.05) is 12.6 Å². The molecule has 0 spiro atoms. The van der Waals surface area contributed by atoms with Crippen molar-refractivity contribution in [1.82, 2.24) is 0 Å². The van der Waals surface area contributed by atoms with Gasteiger partial charge < -0.3 is 10.0 Å². The molecule has 1 saturated heterocycles. The van der Waals surface area contributed by atoms with E-state index >= 15 is 0 Å². The lowest BCUT2D eigenvalue weighted by molar-refractivity contribution is 0.0697. The van der Waals surface area contributed by atoms with Crippen molar-refractivity contribution in [2.24, 2.45) is 0 Å². The van der Waals surface area contributed by atoms with Crippen LogP contribution in [0.4, 0.5) is 5.69 Å². The lowest BCUT2D eigenvalue weighted by Gasteiger charge is -2.26. The molecule has 1 N–H and O–H groups in total. The first-order valence-electron chi connectivity index (χ1n) is 6.69. The highest BCUT2D eigenvalue weighted by molar-refractivity contribution is 6.01. The van der Waals surface area contributed by atoms with Crippen molar-refractivity contribution in [2.75, 3.05) is 11.4 Å². The molecule has 1 fully saturated rings. The normalized spacial score (nSPS) is 19.0. The highest BCUT2D eigenvalue weighted by Gasteiger charge is 2.25. The number of anilines is 1. The van der Waals surface area contributed by atoms with Crippen molar-refractivity contribution < 1.29 is 9.90 Å². The minimum absolute atomic E-state index is 0.410. The molecule has 2 aromatic rings. The number of rotatable bonds is 2. The number of benzene rings is 2. The highest BCUT2D eigenvalue weighted by Crippen LogP contribution is 2.32. The predicted molar refractivity (Wildman–Crippen MR) is 76.9 cm³/mol. The summed E-state index contributed by atoms with van der Waals surface area (Å²) in [6, 6.07) is 12.1. The Morgan fingerprint density at radius 2 is 1.95 bits per heavy atom. The minimum Gasteiger partial charge on any atom is -0.478 e. The summed E-state index contributed by atoms with van der Waals surface area (Å²) in [6.07, 6.45) is 2.26. The second-order valence-electron chi connectivity index (χ2n) is 5.21. The number of carboxylic acid groups (broad SMARTS) is 1. The molecule has 3 nitrogen and oxygen atoms in total. The number of hydrogen-bond acceptors (Lipinski definition) is 2. The zero-order valence-corrected chi connectivity index (χ0v) is 11.0. The lowest BCUT2D eigenvalue weighted by atomic mass is 10.0. The average Bonchev–Trinajstić information content (AvgIpc) is 2.83. The van der Waals surface area contributed by atoms with Crippen LogP contribution in [0.2, 0.25) is 0 Å². The number of carbonyl (C=O) groups is 1. The third-order valence-corrected chi connectivity index (χ3v) is 3.96. The SMILES string of the molecule is CC1CCCN1c1cc2ccccc2cc1C(=O)O. The van der Waals surface area contributed by atoms with Crippen molar-refractivity contribution in [3.8, 4) is 0 Å². The van der Waals surface area contributed by atoms with Gasteiger partial charge in [0.1, 0.15) is 0 Å². The van der Waals surface area contributed by atoms with E-state index in [1.165, 1.54) is 0 Å². The summed E-state index contributed by atoms with van der Waals surface area (Å²) in [5.41, 5.74) is 1.27. The van der Waals surface area contributed by atoms with Gasteiger partial charge in [0.05, 0.1) is 11.3 Å². The molecular formula is C16H17NO2. The van der Waals surface area contributed by atoms with E-state index < -0.39 is 5.97 Å². The van der Waals surface area contributed by atoms with E-state index in [9.17, 15) is 9.90 Å². The molecule has 19 heavy (non-hydrogen) atoms. The fraction of sp³-hybridized carbons (Fsp3) is 0.312. The van der Waals surface area contributed by atoms with Gasteiger partial charge in [-0.3, -0.25) is 0 Å². The van der Waals surface area contributed by atoms with Crippen molar-refractivity contribution in [1.29, 1.82) is 0 Å². The maximum atomic E-state index is 11.5. The van der Waals surface area contributed by atoms with Crippen LogP contribution in [0, 0.1) is 0 Å². The summed E-state index contributed by atoms with van der Waals surface area (Å²) >= 11 is 0. The molecule has 2 aromatic carbocycles. The molecule has 0 bridgehead atoms. The van der Waals surface area contributed by atoms with Gasteiger partial charge in [-0.15, -0.1) is 0 Å². The fourth-order valence-corrected chi connectivity index (χ4v) is 2.93. The summed E-state index contributed by atoms with van der Waals surface area (Å²) in [6.45, 7) is 3.10. The monoisotopic (exact) mass is 255 g/mol. The molecule has 0 amide bonds. The van der Waals surface area contributed by atoms with Gasteiger partial charge >= 0.3 is 5.97 Å². The maximum Gasteiger partial charge on any atom is 0.337 e. The summed E-state index contributed by atoms with van der Waals surface area (Å²) in [5, 5.41) is 11.5. The molecule has 1 atom stereocenters. The standard InChI is InChI=1S/C16H17NO2/c1-11-5-4-8-17(11)15-10-13-7-3-2-6-12(13)9-14(15)16(18)19/h2-3,6-7,9-11H,4-5,8H2,1H3,(H,18,19). The first kappa shape index (κ1) is 12.0. The average molecular weight is 255 g/mol. The van der Waals surface area contributed by atoms with Crippen LogP contribution in [0.5, 0.6) is 0 Å². The first-order valence-corrected chi connectivity index (χ1v) is 6.69. The van der Waals surface area contributed by atoms with Gasteiger partial charge in [-0.2, -0.15) is 0 Å². The number of carboxylic acids is 1. The maximum absolute atomic E-state index is 11.5. The third kappa shape index (κ3) is 2.05. The molecule has 0 aromatic heterocycles. The zero-order valence-electron chi connectivity index (χ0n) is 11.0. The Hall–Kier alpha value is -2.03. The molecule has 0 saturated carbocycles. The Kier molecular flexibility index (Phi) is 2.90. The van der Waals surface area contributed by atoms with Crippen LogP contribution in [0.3, 0.4) is 0 Å². The third-order valence-electron chi connectivity index (χ3n) is 3.96. The Bertz CT molecular complexity index is 636. The van der Waals surface area contributed by atoms with Crippen LogP contribution in [0.1, 0.15) is 30.1 Å². The molecular weight excluding hydrogens is 238 g/mol. The largest absolute Gasteiger partial charge is 0.478 e. The van der Waals surface area contributed by atoms with Crippen LogP contribution in [-0.4, -0.2) is 23.7 Å². The fourth-order valence-electron chi connectivity index (χ4n) is 2.93. The van der Waals surface area contributed by atoms with E-state index in [-0.39, 0.29) is 0 Å². The van der Waals surface area contributed by atoms with E-state index in [0.717, 1.165) is 35.8 Å². The smallest absolute Gasteiger partial charge is 0.337 e. The molecule has 3 heteroatoms. The number of fused-ring (bicyclic) bond motifs is 1. The van der Waals surface area contributed by atoms with Crippen LogP contribution >= 0.6 is 0 Å². The van der Waals surface area contributed by atoms with E-state index in [4.69, 9.17) is 0 Å². The van der Waals surface area contributed by atoms with Crippen molar-refractivity contribution in [2.45, 2.75) is 25.8 Å². The van der Waals surface area contributed by atoms with Gasteiger partial charge in [-0.1, -0.05) is 24.3 Å². The molecule has 1 heterocycles. The summed E-state index contributed by atoms with van der Waals surface area (Å²) < 4.78 is 0. The molecule has 1 aliphatic rings. The number of aromatic carboxylic acids is 1. The molecule has 98 valence electrons. The number of nitrogens with zero attached hydrogens (tertiary/aromatic N) is 1. The van der Waals surface area contributed by atoms with Gasteiger partial charge in [0.25, 0.3) is 0 Å². The van der Waals surface area contributed by atoms with E-state index in [2.05, 4.69) is 11.8 Å². The van der Waals surface area contributed by atoms with Crippen molar-refractivity contribution >= 4 is 22.4 Å². The summed E-state index contributed by atoms with van der Waals surface area (Å²) in [5.74, 6) is -0.847. The first-order chi connectivity index (χ1) is 9.16. The molecule has 0 radical (unpaired) electrons. The van der Waals surface area contributed by atoms with Crippen LogP contribution in [0.25, 0.3) is 10.8 Å². The van der Waals surface area contributed by atoms with E-state index in [0.29, 0.717) is 11.6 Å². The summed E-state index contributed by atoms with van der Waals surface area (Å²) in [7, 11) is 0. The Morgan fingerprint density at radius 3 is 2.53 bits per heavy atom. The van der Waals surface area contributed by atoms with Gasteiger partial charge in [-0.05, 0) is 42.7 Å². The predicted octanol–water partition coefficient (Wildman–Crippen LogP) is 3.53. The minimum atomic E-state index is -0.847. The van der Waals surface area contributed by atoms with Crippen LogP contribution in [0.15, 0.2) is 36.4 Å². The second-order valence-corrected chi connectivity index (χ2v) is 5.21. The Balaban J connectivity index is 2.20. The quantitative estimate of drug-likeness (QED) is 0.892. The van der Waals surface area contributed by atoms with Crippen molar-refractivity contribution in [3.05, 3.63) is 42.0 Å². The Labute approximate surface area is 112 Å². The summed E-state index contributed by atoms with van der Waals surface area (Å²) in [4.78, 5) is 13.7. The lowest BCUT2D eigenvalue weighted by Crippen LogP contribution is -2.28. The molecule has 1 aliphatic heterocycles. The van der Waals surface area contributed by atoms with Crippen LogP contribution in [-0.2, 0) is 0 Å². The highest BCUT2D eigenvalue weighted by atomic mass is 16.4. The molecule has 0 aliphatic carbocycles. The topological polar surface area (TPSA) is 40.5 Å². The van der Waals surface area contributed by atoms with Gasteiger partial charge in [0.2, 0.25) is 0 Å². The van der Waals surface area contributed by atoms with E-state index in [1.54, 1.807) is 6.07 Å². The second kappa shape index (κ2) is 4.57. The molecule has 3 rings (SSSR count). The zero-order chi connectivity index (χ0) is 13.4. The van der Waals surface area contributed by atoms with Crippen molar-refractivity contribution in [3.63, 3.8) is 0 Å². The van der Waals surface area contributed by atoms with Crippen LogP contribution < -0.4 is 4.90 Å². The van der Waals surface area contributed by atoms with Gasteiger partial charge in [0.15, 0.2) is 0 Å².